The third-order valence-electron chi connectivity index (χ3n) is 3.44. The Bertz CT molecular complexity index is 828. The first-order valence-corrected chi connectivity index (χ1v) is 7.04. The highest BCUT2D eigenvalue weighted by atomic mass is 35.5. The van der Waals surface area contributed by atoms with Crippen molar-refractivity contribution in [2.45, 2.75) is 0 Å². The molecule has 1 aromatic heterocycles. The van der Waals surface area contributed by atoms with E-state index in [0.717, 1.165) is 16.8 Å². The lowest BCUT2D eigenvalue weighted by Crippen LogP contribution is -2.46. The lowest BCUT2D eigenvalue weighted by Gasteiger charge is -2.29. The molecule has 0 aliphatic carbocycles. The number of aromatic nitrogens is 1. The highest BCUT2D eigenvalue weighted by molar-refractivity contribution is 6.31. The maximum absolute atomic E-state index is 11.6. The first-order valence-electron chi connectivity index (χ1n) is 6.67. The molecule has 108 valence electrons. The second-order valence-electron chi connectivity index (χ2n) is 4.88. The maximum atomic E-state index is 11.6. The van der Waals surface area contributed by atoms with Gasteiger partial charge in [-0.2, -0.15) is 10.2 Å². The van der Waals surface area contributed by atoms with E-state index in [4.69, 9.17) is 11.6 Å². The summed E-state index contributed by atoms with van der Waals surface area (Å²) >= 11 is 5.95. The Kier molecular flexibility index (Phi) is 2.90. The highest BCUT2D eigenvalue weighted by Gasteiger charge is 2.31. The van der Waals surface area contributed by atoms with E-state index >= 15 is 0 Å². The summed E-state index contributed by atoms with van der Waals surface area (Å²) in [5.74, 6) is 0.343. The fraction of sp³-hybridized carbons (Fsp3) is 0.0667. The zero-order chi connectivity index (χ0) is 15.1. The molecule has 2 aliphatic rings. The Hall–Kier alpha value is -2.73. The number of nitrogens with zero attached hydrogens (tertiary/aromatic N) is 4. The molecule has 2 aliphatic heterocycles. The summed E-state index contributed by atoms with van der Waals surface area (Å²) in [4.78, 5) is 15.9. The van der Waals surface area contributed by atoms with Crippen LogP contribution in [-0.4, -0.2) is 34.0 Å². The summed E-state index contributed by atoms with van der Waals surface area (Å²) < 4.78 is 0. The van der Waals surface area contributed by atoms with Crippen molar-refractivity contribution in [2.24, 2.45) is 10.2 Å². The van der Waals surface area contributed by atoms with Crippen LogP contribution in [0.15, 0.2) is 52.8 Å². The van der Waals surface area contributed by atoms with Gasteiger partial charge < -0.3 is 0 Å². The molecule has 0 saturated heterocycles. The number of carbonyl (C=O) groups excluding carboxylic acids is 1. The van der Waals surface area contributed by atoms with Crippen LogP contribution in [0.4, 0.5) is 0 Å². The van der Waals surface area contributed by atoms with Crippen LogP contribution >= 0.6 is 11.6 Å². The number of rotatable bonds is 1. The molecule has 6 nitrogen and oxygen atoms in total. The van der Waals surface area contributed by atoms with Gasteiger partial charge in [-0.3, -0.25) is 9.78 Å². The number of amidine groups is 1. The van der Waals surface area contributed by atoms with Gasteiger partial charge >= 0.3 is 0 Å². The van der Waals surface area contributed by atoms with E-state index in [9.17, 15) is 4.79 Å². The molecule has 0 radical (unpaired) electrons. The van der Waals surface area contributed by atoms with Crippen LogP contribution in [0.3, 0.4) is 0 Å². The van der Waals surface area contributed by atoms with Crippen molar-refractivity contribution in [3.05, 3.63) is 64.4 Å². The number of amides is 1. The largest absolute Gasteiger partial charge is 0.271 e. The number of nitrogens with one attached hydrogen (secondary N) is 1. The highest BCUT2D eigenvalue weighted by Crippen LogP contribution is 2.23. The van der Waals surface area contributed by atoms with E-state index in [1.807, 2.05) is 36.4 Å². The molecule has 0 spiro atoms. The van der Waals surface area contributed by atoms with Crippen LogP contribution in [-0.2, 0) is 4.79 Å². The average Bonchev–Trinajstić information content (AvgIpc) is 2.54. The van der Waals surface area contributed by atoms with Crippen molar-refractivity contribution in [1.29, 1.82) is 0 Å². The molecule has 0 saturated carbocycles. The Morgan fingerprint density at radius 3 is 2.82 bits per heavy atom. The minimum absolute atomic E-state index is 0.117. The Balaban J connectivity index is 1.91. The van der Waals surface area contributed by atoms with Gasteiger partial charge in [0.15, 0.2) is 5.84 Å². The molecule has 4 rings (SSSR count). The molecule has 0 fully saturated rings. The van der Waals surface area contributed by atoms with Crippen LogP contribution in [0.25, 0.3) is 0 Å². The third-order valence-corrected chi connectivity index (χ3v) is 3.69. The van der Waals surface area contributed by atoms with Gasteiger partial charge in [0.2, 0.25) is 0 Å². The molecule has 1 N–H and O–H groups in total. The quantitative estimate of drug-likeness (QED) is 0.869. The van der Waals surface area contributed by atoms with E-state index in [1.54, 1.807) is 11.2 Å². The Labute approximate surface area is 131 Å². The summed E-state index contributed by atoms with van der Waals surface area (Å²) in [6, 6.07) is 11.2. The molecule has 7 heteroatoms. The van der Waals surface area contributed by atoms with Crippen molar-refractivity contribution in [3.63, 3.8) is 0 Å². The fourth-order valence-electron chi connectivity index (χ4n) is 2.45. The van der Waals surface area contributed by atoms with Crippen molar-refractivity contribution in [2.75, 3.05) is 6.54 Å². The summed E-state index contributed by atoms with van der Waals surface area (Å²) in [6.07, 6.45) is 1.70. The van der Waals surface area contributed by atoms with Gasteiger partial charge in [-0.05, 0) is 24.3 Å². The Morgan fingerprint density at radius 1 is 1.18 bits per heavy atom. The molecule has 0 unspecified atom stereocenters. The minimum atomic E-state index is -0.206. The Morgan fingerprint density at radius 2 is 2.00 bits per heavy atom. The van der Waals surface area contributed by atoms with Gasteiger partial charge in [-0.15, -0.1) is 0 Å². The lowest BCUT2D eigenvalue weighted by atomic mass is 9.99. The van der Waals surface area contributed by atoms with Gasteiger partial charge in [0.05, 0.1) is 0 Å². The minimum Gasteiger partial charge on any atom is -0.271 e. The van der Waals surface area contributed by atoms with Gasteiger partial charge in [-0.1, -0.05) is 23.7 Å². The number of halogens is 1. The van der Waals surface area contributed by atoms with Crippen LogP contribution in [0.5, 0.6) is 0 Å². The number of fused-ring (bicyclic) bond motifs is 3. The molecule has 2 aromatic rings. The fourth-order valence-corrected chi connectivity index (χ4v) is 2.57. The molecule has 3 heterocycles. The number of pyridine rings is 1. The van der Waals surface area contributed by atoms with Gasteiger partial charge in [0.1, 0.15) is 18.0 Å². The molecular formula is C15H10ClN5O. The summed E-state index contributed by atoms with van der Waals surface area (Å²) in [5.41, 5.74) is 5.68. The smallest absolute Gasteiger partial charge is 0.261 e. The number of carbonyl (C=O) groups is 1. The number of hydrazone groups is 2. The van der Waals surface area contributed by atoms with Crippen molar-refractivity contribution in [3.8, 4) is 0 Å². The third kappa shape index (κ3) is 2.05. The van der Waals surface area contributed by atoms with E-state index in [-0.39, 0.29) is 12.5 Å². The normalized spacial score (nSPS) is 16.2. The second-order valence-corrected chi connectivity index (χ2v) is 5.32. The standard InChI is InChI=1S/C15H10ClN5O/c16-10-5-3-9(4-6-10)13-11-2-1-7-17-14(11)15-19-18-12(22)8-21(15)20-13/h1-7H,8H2,(H,18,22). The van der Waals surface area contributed by atoms with E-state index in [1.165, 1.54) is 0 Å². The molecule has 22 heavy (non-hydrogen) atoms. The monoisotopic (exact) mass is 311 g/mol. The van der Waals surface area contributed by atoms with E-state index in [2.05, 4.69) is 20.6 Å². The number of hydrogen-bond acceptors (Lipinski definition) is 5. The average molecular weight is 312 g/mol. The SMILES string of the molecule is O=C1CN2N=C(c3ccc(Cl)cc3)c3cccnc3C2=NN1. The van der Waals surface area contributed by atoms with Crippen LogP contribution in [0.1, 0.15) is 16.8 Å². The predicted octanol–water partition coefficient (Wildman–Crippen LogP) is 1.59. The zero-order valence-corrected chi connectivity index (χ0v) is 12.1. The van der Waals surface area contributed by atoms with Crippen LogP contribution in [0, 0.1) is 0 Å². The first kappa shape index (κ1) is 13.0. The number of benzene rings is 1. The number of hydrogen-bond donors (Lipinski definition) is 1. The van der Waals surface area contributed by atoms with Gasteiger partial charge in [0, 0.05) is 22.3 Å². The van der Waals surface area contributed by atoms with Crippen molar-refractivity contribution >= 4 is 29.1 Å². The van der Waals surface area contributed by atoms with Gasteiger partial charge in [-0.25, -0.2) is 10.4 Å². The van der Waals surface area contributed by atoms with Crippen LogP contribution in [0.2, 0.25) is 5.02 Å². The predicted molar refractivity (Wildman–Crippen MR) is 82.7 cm³/mol. The van der Waals surface area contributed by atoms with E-state index in [0.29, 0.717) is 16.6 Å². The molecule has 1 amide bonds. The lowest BCUT2D eigenvalue weighted by molar-refractivity contribution is -0.122. The van der Waals surface area contributed by atoms with E-state index < -0.39 is 0 Å². The summed E-state index contributed by atoms with van der Waals surface area (Å²) in [5, 5.41) is 10.9. The summed E-state index contributed by atoms with van der Waals surface area (Å²) in [6.45, 7) is 0.117. The molecular weight excluding hydrogens is 302 g/mol. The maximum Gasteiger partial charge on any atom is 0.261 e. The van der Waals surface area contributed by atoms with Gasteiger partial charge in [0.25, 0.3) is 5.91 Å². The molecule has 0 atom stereocenters. The second kappa shape index (κ2) is 4.92. The zero-order valence-electron chi connectivity index (χ0n) is 11.3. The molecule has 1 aromatic carbocycles. The van der Waals surface area contributed by atoms with Crippen molar-refractivity contribution in [1.82, 2.24) is 15.4 Å². The molecule has 0 bridgehead atoms. The summed E-state index contributed by atoms with van der Waals surface area (Å²) in [7, 11) is 0. The first-order chi connectivity index (χ1) is 10.7. The van der Waals surface area contributed by atoms with Crippen molar-refractivity contribution < 1.29 is 4.79 Å². The van der Waals surface area contributed by atoms with Crippen LogP contribution < -0.4 is 5.43 Å². The topological polar surface area (TPSA) is 70.0 Å².